The first kappa shape index (κ1) is 12.2. The highest BCUT2D eigenvalue weighted by Crippen LogP contribution is 2.37. The maximum Gasteiger partial charge on any atom is 0.123 e. The third kappa shape index (κ3) is 1.77. The van der Waals surface area contributed by atoms with Crippen molar-refractivity contribution in [3.8, 4) is 0 Å². The molecule has 3 heteroatoms. The standard InChI is InChI=1S/C18H15FN2/c1-12-17-5-3-15(19)9-14(17)11-21(12)16-4-6-18-13(10-16)7-8-20(18)2/h3-10H,1,11H2,2H3. The molecule has 0 fully saturated rings. The van der Waals surface area contributed by atoms with Crippen LogP contribution in [0.4, 0.5) is 10.1 Å². The number of aromatic nitrogens is 1. The van der Waals surface area contributed by atoms with Crippen LogP contribution in [0, 0.1) is 5.82 Å². The minimum atomic E-state index is -0.193. The molecule has 2 nitrogen and oxygen atoms in total. The van der Waals surface area contributed by atoms with Crippen molar-refractivity contribution in [1.29, 1.82) is 0 Å². The molecule has 0 bridgehead atoms. The summed E-state index contributed by atoms with van der Waals surface area (Å²) in [6, 6.07) is 13.4. The Kier molecular flexibility index (Phi) is 2.45. The van der Waals surface area contributed by atoms with Gasteiger partial charge in [0.15, 0.2) is 0 Å². The number of rotatable bonds is 1. The molecule has 0 amide bonds. The molecule has 1 aliphatic rings. The lowest BCUT2D eigenvalue weighted by molar-refractivity contribution is 0.626. The number of halogens is 1. The number of benzene rings is 2. The van der Waals surface area contributed by atoms with E-state index in [2.05, 4.69) is 46.5 Å². The molecule has 0 radical (unpaired) electrons. The summed E-state index contributed by atoms with van der Waals surface area (Å²) in [5.74, 6) is -0.193. The van der Waals surface area contributed by atoms with Gasteiger partial charge in [-0.2, -0.15) is 0 Å². The van der Waals surface area contributed by atoms with E-state index >= 15 is 0 Å². The molecule has 4 rings (SSSR count). The van der Waals surface area contributed by atoms with Crippen molar-refractivity contribution in [3.63, 3.8) is 0 Å². The fourth-order valence-electron chi connectivity index (χ4n) is 3.07. The highest BCUT2D eigenvalue weighted by molar-refractivity contribution is 5.89. The number of anilines is 1. The Hall–Kier alpha value is -2.55. The Balaban J connectivity index is 1.78. The SMILES string of the molecule is C=C1c2ccc(F)cc2CN1c1ccc2c(ccn2C)c1. The molecule has 2 heterocycles. The van der Waals surface area contributed by atoms with Crippen LogP contribution in [0.5, 0.6) is 0 Å². The minimum absolute atomic E-state index is 0.193. The van der Waals surface area contributed by atoms with E-state index in [1.54, 1.807) is 6.07 Å². The summed E-state index contributed by atoms with van der Waals surface area (Å²) in [5, 5.41) is 1.20. The van der Waals surface area contributed by atoms with Crippen LogP contribution in [-0.2, 0) is 13.6 Å². The van der Waals surface area contributed by atoms with Crippen LogP contribution in [0.15, 0.2) is 55.2 Å². The van der Waals surface area contributed by atoms with Gasteiger partial charge in [0.05, 0.1) is 0 Å². The molecular formula is C18H15FN2. The first-order chi connectivity index (χ1) is 10.1. The Morgan fingerprint density at radius 3 is 2.81 bits per heavy atom. The fraction of sp³-hybridized carbons (Fsp3) is 0.111. The Labute approximate surface area is 122 Å². The highest BCUT2D eigenvalue weighted by atomic mass is 19.1. The molecule has 21 heavy (non-hydrogen) atoms. The van der Waals surface area contributed by atoms with Crippen LogP contribution in [0.1, 0.15) is 11.1 Å². The predicted octanol–water partition coefficient (Wildman–Crippen LogP) is 4.31. The highest BCUT2D eigenvalue weighted by Gasteiger charge is 2.24. The average Bonchev–Trinajstić information content (AvgIpc) is 3.00. The smallest absolute Gasteiger partial charge is 0.123 e. The second kappa shape index (κ2) is 4.22. The zero-order valence-electron chi connectivity index (χ0n) is 11.8. The fourth-order valence-corrected chi connectivity index (χ4v) is 3.07. The Bertz CT molecular complexity index is 876. The molecule has 0 aliphatic carbocycles. The van der Waals surface area contributed by atoms with E-state index in [1.807, 2.05) is 13.1 Å². The molecule has 104 valence electrons. The van der Waals surface area contributed by atoms with Crippen LogP contribution < -0.4 is 4.90 Å². The third-order valence-electron chi connectivity index (χ3n) is 4.21. The molecule has 0 saturated heterocycles. The number of hydrogen-bond donors (Lipinski definition) is 0. The molecule has 0 atom stereocenters. The van der Waals surface area contributed by atoms with Crippen LogP contribution in [0.3, 0.4) is 0 Å². The third-order valence-corrected chi connectivity index (χ3v) is 4.21. The van der Waals surface area contributed by atoms with Crippen LogP contribution in [-0.4, -0.2) is 4.57 Å². The quantitative estimate of drug-likeness (QED) is 0.644. The molecule has 0 N–H and O–H groups in total. The van der Waals surface area contributed by atoms with E-state index in [4.69, 9.17) is 0 Å². The lowest BCUT2D eigenvalue weighted by atomic mass is 10.1. The zero-order chi connectivity index (χ0) is 14.6. The van der Waals surface area contributed by atoms with E-state index < -0.39 is 0 Å². The summed E-state index contributed by atoms with van der Waals surface area (Å²) in [7, 11) is 2.04. The van der Waals surface area contributed by atoms with Crippen molar-refractivity contribution in [3.05, 3.63) is 72.2 Å². The molecule has 0 saturated carbocycles. The van der Waals surface area contributed by atoms with Crippen LogP contribution >= 0.6 is 0 Å². The van der Waals surface area contributed by atoms with E-state index in [-0.39, 0.29) is 5.82 Å². The first-order valence-corrected chi connectivity index (χ1v) is 6.94. The van der Waals surface area contributed by atoms with Gasteiger partial charge in [0, 0.05) is 47.6 Å². The Morgan fingerprint density at radius 2 is 1.95 bits per heavy atom. The monoisotopic (exact) mass is 278 g/mol. The maximum atomic E-state index is 13.4. The topological polar surface area (TPSA) is 8.17 Å². The molecular weight excluding hydrogens is 263 g/mol. The van der Waals surface area contributed by atoms with Gasteiger partial charge in [-0.05, 0) is 48.0 Å². The van der Waals surface area contributed by atoms with Crippen molar-refractivity contribution in [1.82, 2.24) is 4.57 Å². The molecule has 0 spiro atoms. The van der Waals surface area contributed by atoms with E-state index in [9.17, 15) is 4.39 Å². The summed E-state index contributed by atoms with van der Waals surface area (Å²) in [6.45, 7) is 4.84. The largest absolute Gasteiger partial charge is 0.351 e. The van der Waals surface area contributed by atoms with Crippen LogP contribution in [0.2, 0.25) is 0 Å². The van der Waals surface area contributed by atoms with Crippen molar-refractivity contribution >= 4 is 22.3 Å². The van der Waals surface area contributed by atoms with Gasteiger partial charge in [0.2, 0.25) is 0 Å². The van der Waals surface area contributed by atoms with Gasteiger partial charge in [0.1, 0.15) is 5.82 Å². The number of aryl methyl sites for hydroxylation is 1. The summed E-state index contributed by atoms with van der Waals surface area (Å²) in [6.07, 6.45) is 2.05. The van der Waals surface area contributed by atoms with E-state index in [0.29, 0.717) is 6.54 Å². The second-order valence-electron chi connectivity index (χ2n) is 5.50. The molecule has 2 aromatic carbocycles. The normalized spacial score (nSPS) is 14.0. The summed E-state index contributed by atoms with van der Waals surface area (Å²) >= 11 is 0. The number of fused-ring (bicyclic) bond motifs is 2. The Morgan fingerprint density at radius 1 is 1.10 bits per heavy atom. The van der Waals surface area contributed by atoms with E-state index in [1.165, 1.54) is 17.0 Å². The molecule has 1 aromatic heterocycles. The van der Waals surface area contributed by atoms with Gasteiger partial charge in [-0.3, -0.25) is 0 Å². The number of hydrogen-bond acceptors (Lipinski definition) is 1. The number of nitrogens with zero attached hydrogens (tertiary/aromatic N) is 2. The van der Waals surface area contributed by atoms with E-state index in [0.717, 1.165) is 22.5 Å². The van der Waals surface area contributed by atoms with Crippen molar-refractivity contribution in [2.24, 2.45) is 7.05 Å². The average molecular weight is 278 g/mol. The summed E-state index contributed by atoms with van der Waals surface area (Å²) in [4.78, 5) is 2.14. The van der Waals surface area contributed by atoms with Crippen molar-refractivity contribution in [2.75, 3.05) is 4.90 Å². The maximum absolute atomic E-state index is 13.4. The lowest BCUT2D eigenvalue weighted by Gasteiger charge is -2.19. The second-order valence-corrected chi connectivity index (χ2v) is 5.50. The zero-order valence-corrected chi connectivity index (χ0v) is 11.8. The molecule has 1 aliphatic heterocycles. The molecule has 3 aromatic rings. The predicted molar refractivity (Wildman–Crippen MR) is 84.5 cm³/mol. The lowest BCUT2D eigenvalue weighted by Crippen LogP contribution is -2.12. The first-order valence-electron chi connectivity index (χ1n) is 6.94. The van der Waals surface area contributed by atoms with Gasteiger partial charge >= 0.3 is 0 Å². The van der Waals surface area contributed by atoms with Gasteiger partial charge < -0.3 is 9.47 Å². The van der Waals surface area contributed by atoms with Crippen LogP contribution in [0.25, 0.3) is 16.6 Å². The van der Waals surface area contributed by atoms with Gasteiger partial charge in [-0.1, -0.05) is 6.58 Å². The minimum Gasteiger partial charge on any atom is -0.351 e. The summed E-state index contributed by atoms with van der Waals surface area (Å²) < 4.78 is 15.5. The van der Waals surface area contributed by atoms with Gasteiger partial charge in [-0.15, -0.1) is 0 Å². The van der Waals surface area contributed by atoms with Crippen molar-refractivity contribution < 1.29 is 4.39 Å². The van der Waals surface area contributed by atoms with Crippen molar-refractivity contribution in [2.45, 2.75) is 6.54 Å². The van der Waals surface area contributed by atoms with Gasteiger partial charge in [0.25, 0.3) is 0 Å². The van der Waals surface area contributed by atoms with Gasteiger partial charge in [-0.25, -0.2) is 4.39 Å². The summed E-state index contributed by atoms with van der Waals surface area (Å²) in [5.41, 5.74) is 5.25. The molecule has 0 unspecified atom stereocenters.